The molecule has 1 aliphatic heterocycles. The predicted molar refractivity (Wildman–Crippen MR) is 141 cm³/mol. The average molecular weight is 533 g/mol. The van der Waals surface area contributed by atoms with Crippen LogP contribution in [-0.2, 0) is 23.5 Å². The van der Waals surface area contributed by atoms with Crippen molar-refractivity contribution in [2.75, 3.05) is 45.9 Å². The van der Waals surface area contributed by atoms with E-state index in [4.69, 9.17) is 9.72 Å². The van der Waals surface area contributed by atoms with Gasteiger partial charge in [-0.1, -0.05) is 20.3 Å². The molecule has 1 saturated heterocycles. The highest BCUT2D eigenvalue weighted by atomic mass is 32.2. The summed E-state index contributed by atoms with van der Waals surface area (Å²) >= 11 is 0. The normalized spacial score (nSPS) is 15.5. The maximum atomic E-state index is 13.6. The Labute approximate surface area is 217 Å². The molecule has 3 aromatic rings. The Morgan fingerprint density at radius 2 is 1.86 bits per heavy atom. The number of nitrogens with one attached hydrogen (secondary N) is 1. The molecule has 0 bridgehead atoms. The number of β-amino-alcohol motifs (C(OH)–C–C–N with tert-alkyl or cyclic N) is 1. The van der Waals surface area contributed by atoms with E-state index in [1.54, 1.807) is 26.1 Å². The molecule has 37 heavy (non-hydrogen) atoms. The Balaban J connectivity index is 1.83. The van der Waals surface area contributed by atoms with Gasteiger partial charge in [-0.3, -0.25) is 14.4 Å². The van der Waals surface area contributed by atoms with Crippen LogP contribution in [-0.4, -0.2) is 88.4 Å². The van der Waals surface area contributed by atoms with Gasteiger partial charge in [0.1, 0.15) is 17.1 Å². The van der Waals surface area contributed by atoms with Crippen LogP contribution in [0.5, 0.6) is 5.75 Å². The average Bonchev–Trinajstić information content (AvgIpc) is 3.19. The van der Waals surface area contributed by atoms with Crippen molar-refractivity contribution in [3.63, 3.8) is 0 Å². The molecule has 0 saturated carbocycles. The fourth-order valence-corrected chi connectivity index (χ4v) is 6.26. The summed E-state index contributed by atoms with van der Waals surface area (Å²) in [6.45, 7) is 8.60. The third kappa shape index (κ3) is 5.42. The Kier molecular flexibility index (Phi) is 8.32. The molecule has 2 N–H and O–H groups in total. The van der Waals surface area contributed by atoms with Gasteiger partial charge in [0.15, 0.2) is 5.52 Å². The SMILES string of the molecule is CCCOc1c(C)cc(S(=O)(=O)N2CCN(CCO)CC2)cc1-c1nc2c(CCC)nn(C)c2c(=O)[nH]1. The fourth-order valence-electron chi connectivity index (χ4n) is 4.72. The summed E-state index contributed by atoms with van der Waals surface area (Å²) in [6, 6.07) is 3.17. The number of aromatic amines is 1. The van der Waals surface area contributed by atoms with E-state index in [1.165, 1.54) is 8.99 Å². The highest BCUT2D eigenvalue weighted by Crippen LogP contribution is 2.35. The number of rotatable bonds is 10. The van der Waals surface area contributed by atoms with Crippen LogP contribution in [0.25, 0.3) is 22.4 Å². The fraction of sp³-hybridized carbons (Fsp3) is 0.560. The van der Waals surface area contributed by atoms with Gasteiger partial charge in [0.25, 0.3) is 5.56 Å². The maximum absolute atomic E-state index is 13.6. The summed E-state index contributed by atoms with van der Waals surface area (Å²) in [6.07, 6.45) is 2.28. The number of aliphatic hydroxyl groups excluding tert-OH is 1. The molecule has 0 aliphatic carbocycles. The van der Waals surface area contributed by atoms with Gasteiger partial charge in [0.05, 0.1) is 29.4 Å². The van der Waals surface area contributed by atoms with Crippen molar-refractivity contribution in [1.82, 2.24) is 29.0 Å². The molecular weight excluding hydrogens is 496 g/mol. The molecule has 202 valence electrons. The van der Waals surface area contributed by atoms with Crippen LogP contribution < -0.4 is 10.3 Å². The Bertz CT molecular complexity index is 1420. The molecule has 11 nitrogen and oxygen atoms in total. The van der Waals surface area contributed by atoms with Crippen LogP contribution in [0.3, 0.4) is 0 Å². The number of benzene rings is 1. The van der Waals surface area contributed by atoms with Crippen molar-refractivity contribution in [1.29, 1.82) is 0 Å². The first-order valence-corrected chi connectivity index (χ1v) is 14.2. The van der Waals surface area contributed by atoms with Gasteiger partial charge in [-0.2, -0.15) is 9.40 Å². The number of aryl methyl sites for hydroxylation is 3. The molecule has 12 heteroatoms. The monoisotopic (exact) mass is 532 g/mol. The molecule has 1 fully saturated rings. The van der Waals surface area contributed by atoms with Crippen LogP contribution in [0.4, 0.5) is 0 Å². The molecule has 0 amide bonds. The van der Waals surface area contributed by atoms with Gasteiger partial charge < -0.3 is 14.8 Å². The predicted octanol–water partition coefficient (Wildman–Crippen LogP) is 1.67. The maximum Gasteiger partial charge on any atom is 0.277 e. The summed E-state index contributed by atoms with van der Waals surface area (Å²) in [5.41, 5.74) is 2.34. The van der Waals surface area contributed by atoms with Gasteiger partial charge in [-0.15, -0.1) is 0 Å². The summed E-state index contributed by atoms with van der Waals surface area (Å²) in [5, 5.41) is 13.7. The van der Waals surface area contributed by atoms with Crippen LogP contribution in [0.15, 0.2) is 21.8 Å². The molecule has 1 aromatic carbocycles. The van der Waals surface area contributed by atoms with E-state index < -0.39 is 10.0 Å². The molecule has 3 heterocycles. The number of H-pyrrole nitrogens is 1. The van der Waals surface area contributed by atoms with Crippen LogP contribution in [0, 0.1) is 6.92 Å². The number of aliphatic hydroxyl groups is 1. The van der Waals surface area contributed by atoms with Crippen molar-refractivity contribution >= 4 is 21.1 Å². The van der Waals surface area contributed by atoms with Gasteiger partial charge in [-0.25, -0.2) is 13.4 Å². The first kappa shape index (κ1) is 27.2. The van der Waals surface area contributed by atoms with Crippen molar-refractivity contribution in [3.8, 4) is 17.1 Å². The number of sulfonamides is 1. The summed E-state index contributed by atoms with van der Waals surface area (Å²) in [5.74, 6) is 0.749. The lowest BCUT2D eigenvalue weighted by atomic mass is 10.1. The van der Waals surface area contributed by atoms with E-state index in [-0.39, 0.29) is 22.9 Å². The Morgan fingerprint density at radius 1 is 1.14 bits per heavy atom. The molecule has 1 aliphatic rings. The first-order chi connectivity index (χ1) is 17.7. The van der Waals surface area contributed by atoms with Crippen LogP contribution >= 0.6 is 0 Å². The summed E-state index contributed by atoms with van der Waals surface area (Å²) in [4.78, 5) is 22.9. The summed E-state index contributed by atoms with van der Waals surface area (Å²) in [7, 11) is -2.09. The van der Waals surface area contributed by atoms with Gasteiger partial charge in [-0.05, 0) is 37.5 Å². The van der Waals surface area contributed by atoms with Gasteiger partial charge in [0.2, 0.25) is 10.0 Å². The van der Waals surface area contributed by atoms with E-state index in [9.17, 15) is 18.3 Å². The van der Waals surface area contributed by atoms with E-state index in [0.717, 1.165) is 18.5 Å². The third-order valence-corrected chi connectivity index (χ3v) is 8.46. The lowest BCUT2D eigenvalue weighted by molar-refractivity contribution is 0.151. The van der Waals surface area contributed by atoms with Gasteiger partial charge in [0, 0.05) is 39.8 Å². The topological polar surface area (TPSA) is 134 Å². The number of fused-ring (bicyclic) bond motifs is 1. The number of hydrogen-bond acceptors (Lipinski definition) is 8. The standard InChI is InChI=1S/C25H36N6O5S/c1-5-7-20-21-22(29(4)28-20)25(33)27-24(26-21)19-16-18(15-17(3)23(19)36-14-6-2)37(34,35)31-10-8-30(9-11-31)12-13-32/h15-16,32H,5-14H2,1-4H3,(H,26,27,33). The minimum Gasteiger partial charge on any atom is -0.493 e. The zero-order valence-corrected chi connectivity index (χ0v) is 22.8. The molecule has 0 atom stereocenters. The lowest BCUT2D eigenvalue weighted by Gasteiger charge is -2.33. The zero-order valence-electron chi connectivity index (χ0n) is 22.0. The minimum atomic E-state index is -3.80. The lowest BCUT2D eigenvalue weighted by Crippen LogP contribution is -2.49. The Hall–Kier alpha value is -2.80. The van der Waals surface area contributed by atoms with E-state index in [2.05, 4.69) is 10.1 Å². The number of aromatic nitrogens is 4. The number of hydrogen-bond donors (Lipinski definition) is 2. The second kappa shape index (κ2) is 11.3. The van der Waals surface area contributed by atoms with Crippen molar-refractivity contribution < 1.29 is 18.3 Å². The van der Waals surface area contributed by atoms with Crippen molar-refractivity contribution in [3.05, 3.63) is 33.7 Å². The van der Waals surface area contributed by atoms with E-state index in [0.29, 0.717) is 73.7 Å². The quantitative estimate of drug-likeness (QED) is 0.403. The van der Waals surface area contributed by atoms with Crippen molar-refractivity contribution in [2.45, 2.75) is 44.9 Å². The molecule has 0 radical (unpaired) electrons. The van der Waals surface area contributed by atoms with Gasteiger partial charge >= 0.3 is 0 Å². The minimum absolute atomic E-state index is 0.0426. The van der Waals surface area contributed by atoms with E-state index >= 15 is 0 Å². The second-order valence-corrected chi connectivity index (χ2v) is 11.3. The molecule has 0 spiro atoms. The molecule has 0 unspecified atom stereocenters. The number of nitrogens with zero attached hydrogens (tertiary/aromatic N) is 5. The Morgan fingerprint density at radius 3 is 2.51 bits per heavy atom. The highest BCUT2D eigenvalue weighted by molar-refractivity contribution is 7.89. The van der Waals surface area contributed by atoms with E-state index in [1.807, 2.05) is 18.7 Å². The zero-order chi connectivity index (χ0) is 26.7. The van der Waals surface area contributed by atoms with Crippen LogP contribution in [0.2, 0.25) is 0 Å². The number of piperazine rings is 1. The first-order valence-electron chi connectivity index (χ1n) is 12.8. The second-order valence-electron chi connectivity index (χ2n) is 9.37. The van der Waals surface area contributed by atoms with Crippen LogP contribution in [0.1, 0.15) is 37.9 Å². The molecule has 4 rings (SSSR count). The number of ether oxygens (including phenoxy) is 1. The van der Waals surface area contributed by atoms with Crippen molar-refractivity contribution in [2.24, 2.45) is 7.05 Å². The molecular formula is C25H36N6O5S. The molecule has 2 aromatic heterocycles. The smallest absolute Gasteiger partial charge is 0.277 e. The largest absolute Gasteiger partial charge is 0.493 e. The third-order valence-electron chi connectivity index (χ3n) is 6.59. The summed E-state index contributed by atoms with van der Waals surface area (Å²) < 4.78 is 36.3. The highest BCUT2D eigenvalue weighted by Gasteiger charge is 2.30.